The van der Waals surface area contributed by atoms with Gasteiger partial charge < -0.3 is 14.2 Å². The number of carbonyl (C=O) groups excluding carboxylic acids is 3. The van der Waals surface area contributed by atoms with Crippen LogP contribution >= 0.6 is 0 Å². The fourth-order valence-corrected chi connectivity index (χ4v) is 2.64. The van der Waals surface area contributed by atoms with Crippen LogP contribution in [0.25, 0.3) is 0 Å². The third-order valence-electron chi connectivity index (χ3n) is 4.43. The summed E-state index contributed by atoms with van der Waals surface area (Å²) in [7, 11) is 0. The molecular weight excluding hydrogens is 360 g/mol. The van der Waals surface area contributed by atoms with Crippen LogP contribution in [0.15, 0.2) is 0 Å². The van der Waals surface area contributed by atoms with Crippen LogP contribution in [-0.4, -0.2) is 37.7 Å². The van der Waals surface area contributed by atoms with Gasteiger partial charge in [0.25, 0.3) is 5.92 Å². The van der Waals surface area contributed by atoms with Crippen molar-refractivity contribution in [2.24, 2.45) is 5.92 Å². The average Bonchev–Trinajstić information content (AvgIpc) is 2.67. The van der Waals surface area contributed by atoms with Gasteiger partial charge in [0.1, 0.15) is 0 Å². The van der Waals surface area contributed by atoms with E-state index in [-0.39, 0.29) is 19.8 Å². The highest BCUT2D eigenvalue weighted by Gasteiger charge is 2.38. The van der Waals surface area contributed by atoms with E-state index in [2.05, 4.69) is 20.8 Å². The summed E-state index contributed by atoms with van der Waals surface area (Å²) in [4.78, 5) is 36.9. The van der Waals surface area contributed by atoms with Crippen LogP contribution in [0.2, 0.25) is 0 Å². The predicted molar refractivity (Wildman–Crippen MR) is 109 cm³/mol. The SMILES string of the molecule is CCCCCCOC(=O)C(C(=O)OCCCCCC)C(=O)OCCCCCC. The zero-order chi connectivity index (χ0) is 21.0. The van der Waals surface area contributed by atoms with Gasteiger partial charge in [-0.15, -0.1) is 0 Å². The molecule has 164 valence electrons. The Morgan fingerprint density at radius 3 is 1.04 bits per heavy atom. The van der Waals surface area contributed by atoms with Crippen LogP contribution in [0, 0.1) is 5.92 Å². The van der Waals surface area contributed by atoms with Crippen molar-refractivity contribution in [2.45, 2.75) is 97.8 Å². The van der Waals surface area contributed by atoms with Gasteiger partial charge in [0.15, 0.2) is 0 Å². The molecule has 0 bridgehead atoms. The molecule has 0 saturated carbocycles. The van der Waals surface area contributed by atoms with E-state index in [1.54, 1.807) is 0 Å². The van der Waals surface area contributed by atoms with Crippen molar-refractivity contribution < 1.29 is 28.6 Å². The molecule has 0 unspecified atom stereocenters. The Kier molecular flexibility index (Phi) is 17.7. The van der Waals surface area contributed by atoms with Crippen molar-refractivity contribution in [1.29, 1.82) is 0 Å². The Morgan fingerprint density at radius 2 is 0.786 bits per heavy atom. The summed E-state index contributed by atoms with van der Waals surface area (Å²) in [6.07, 6.45) is 11.4. The van der Waals surface area contributed by atoms with Crippen molar-refractivity contribution in [3.63, 3.8) is 0 Å². The molecule has 0 aromatic rings. The van der Waals surface area contributed by atoms with Gasteiger partial charge in [-0.25, -0.2) is 0 Å². The highest BCUT2D eigenvalue weighted by atomic mass is 16.6. The summed E-state index contributed by atoms with van der Waals surface area (Å²) >= 11 is 0. The molecule has 0 fully saturated rings. The predicted octanol–water partition coefficient (Wildman–Crippen LogP) is 4.97. The van der Waals surface area contributed by atoms with Crippen molar-refractivity contribution in [3.8, 4) is 0 Å². The lowest BCUT2D eigenvalue weighted by Crippen LogP contribution is -2.36. The third-order valence-corrected chi connectivity index (χ3v) is 4.43. The van der Waals surface area contributed by atoms with Gasteiger partial charge in [0.05, 0.1) is 19.8 Å². The second-order valence-corrected chi connectivity index (χ2v) is 7.12. The summed E-state index contributed by atoms with van der Waals surface area (Å²) < 4.78 is 15.4. The molecule has 0 aliphatic heterocycles. The molecule has 0 aliphatic rings. The maximum absolute atomic E-state index is 12.3. The Hall–Kier alpha value is -1.59. The summed E-state index contributed by atoms with van der Waals surface area (Å²) in [5.74, 6) is -4.24. The number of carbonyl (C=O) groups is 3. The smallest absolute Gasteiger partial charge is 0.331 e. The van der Waals surface area contributed by atoms with Crippen molar-refractivity contribution >= 4 is 17.9 Å². The van der Waals surface area contributed by atoms with E-state index in [1.807, 2.05) is 0 Å². The first-order chi connectivity index (χ1) is 13.6. The number of unbranched alkanes of at least 4 members (excludes halogenated alkanes) is 9. The molecule has 0 heterocycles. The minimum Gasteiger partial charge on any atom is -0.465 e. The number of hydrogen-bond donors (Lipinski definition) is 0. The Morgan fingerprint density at radius 1 is 0.500 bits per heavy atom. The lowest BCUT2D eigenvalue weighted by Gasteiger charge is -2.15. The Bertz CT molecular complexity index is 359. The largest absolute Gasteiger partial charge is 0.465 e. The van der Waals surface area contributed by atoms with E-state index in [1.165, 1.54) is 0 Å². The Labute approximate surface area is 170 Å². The third kappa shape index (κ3) is 13.6. The van der Waals surface area contributed by atoms with E-state index in [0.717, 1.165) is 57.8 Å². The molecule has 0 amide bonds. The topological polar surface area (TPSA) is 78.9 Å². The minimum absolute atomic E-state index is 0.197. The van der Waals surface area contributed by atoms with E-state index < -0.39 is 23.8 Å². The van der Waals surface area contributed by atoms with Crippen LogP contribution in [0.4, 0.5) is 0 Å². The molecule has 0 atom stereocenters. The molecular formula is C22H40O6. The number of hydrogen-bond acceptors (Lipinski definition) is 6. The zero-order valence-electron chi connectivity index (χ0n) is 18.1. The van der Waals surface area contributed by atoms with Gasteiger partial charge in [0, 0.05) is 0 Å². The first kappa shape index (κ1) is 26.4. The molecule has 6 nitrogen and oxygen atoms in total. The molecule has 28 heavy (non-hydrogen) atoms. The summed E-state index contributed by atoms with van der Waals surface area (Å²) in [6, 6.07) is 0. The van der Waals surface area contributed by atoms with Crippen molar-refractivity contribution in [1.82, 2.24) is 0 Å². The first-order valence-corrected chi connectivity index (χ1v) is 11.1. The van der Waals surface area contributed by atoms with Gasteiger partial charge >= 0.3 is 17.9 Å². The zero-order valence-corrected chi connectivity index (χ0v) is 18.1. The normalized spacial score (nSPS) is 10.7. The molecule has 0 saturated heterocycles. The van der Waals surface area contributed by atoms with Gasteiger partial charge in [-0.1, -0.05) is 78.6 Å². The molecule has 0 aromatic carbocycles. The van der Waals surface area contributed by atoms with E-state index >= 15 is 0 Å². The maximum atomic E-state index is 12.3. The maximum Gasteiger partial charge on any atom is 0.331 e. The van der Waals surface area contributed by atoms with Crippen molar-refractivity contribution in [2.75, 3.05) is 19.8 Å². The van der Waals surface area contributed by atoms with Gasteiger partial charge in [-0.05, 0) is 19.3 Å². The van der Waals surface area contributed by atoms with Crippen LogP contribution < -0.4 is 0 Å². The number of ether oxygens (including phenoxy) is 3. The molecule has 0 aromatic heterocycles. The van der Waals surface area contributed by atoms with Gasteiger partial charge in [0.2, 0.25) is 0 Å². The minimum atomic E-state index is -1.64. The summed E-state index contributed by atoms with van der Waals surface area (Å²) in [5.41, 5.74) is 0. The highest BCUT2D eigenvalue weighted by Crippen LogP contribution is 2.11. The second kappa shape index (κ2) is 18.8. The van der Waals surface area contributed by atoms with E-state index in [4.69, 9.17) is 14.2 Å². The quantitative estimate of drug-likeness (QED) is 0.140. The lowest BCUT2D eigenvalue weighted by atomic mass is 10.1. The van der Waals surface area contributed by atoms with Gasteiger partial charge in [-0.2, -0.15) is 0 Å². The molecule has 0 aliphatic carbocycles. The standard InChI is InChI=1S/C22H40O6/c1-4-7-10-13-16-26-20(23)19(21(24)27-17-14-11-8-5-2)22(25)28-18-15-12-9-6-3/h19H,4-18H2,1-3H3. The average molecular weight is 401 g/mol. The van der Waals surface area contributed by atoms with Crippen LogP contribution in [0.1, 0.15) is 97.8 Å². The lowest BCUT2D eigenvalue weighted by molar-refractivity contribution is -0.172. The van der Waals surface area contributed by atoms with Crippen LogP contribution in [-0.2, 0) is 28.6 Å². The van der Waals surface area contributed by atoms with Crippen molar-refractivity contribution in [3.05, 3.63) is 0 Å². The molecule has 0 spiro atoms. The first-order valence-electron chi connectivity index (χ1n) is 11.1. The van der Waals surface area contributed by atoms with E-state index in [0.29, 0.717) is 19.3 Å². The van der Waals surface area contributed by atoms with E-state index in [9.17, 15) is 14.4 Å². The van der Waals surface area contributed by atoms with Crippen LogP contribution in [0.3, 0.4) is 0 Å². The number of esters is 3. The fraction of sp³-hybridized carbons (Fsp3) is 0.864. The number of rotatable bonds is 18. The van der Waals surface area contributed by atoms with Crippen LogP contribution in [0.5, 0.6) is 0 Å². The van der Waals surface area contributed by atoms with Gasteiger partial charge in [-0.3, -0.25) is 14.4 Å². The summed E-state index contributed by atoms with van der Waals surface area (Å²) in [5, 5.41) is 0. The fourth-order valence-electron chi connectivity index (χ4n) is 2.64. The highest BCUT2D eigenvalue weighted by molar-refractivity contribution is 6.12. The molecule has 0 radical (unpaired) electrons. The molecule has 0 rings (SSSR count). The molecule has 6 heteroatoms. The monoisotopic (exact) mass is 400 g/mol. The molecule has 0 N–H and O–H groups in total. The second-order valence-electron chi connectivity index (χ2n) is 7.12. The summed E-state index contributed by atoms with van der Waals surface area (Å²) in [6.45, 7) is 6.87. The Balaban J connectivity index is 4.55.